The van der Waals surface area contributed by atoms with Gasteiger partial charge in [0.25, 0.3) is 0 Å². The molecule has 37 heavy (non-hydrogen) atoms. The molecule has 7 heteroatoms. The van der Waals surface area contributed by atoms with Crippen molar-refractivity contribution in [1.82, 2.24) is 9.80 Å². The number of rotatable bonds is 5. The highest BCUT2D eigenvalue weighted by atomic mass is 16.6. The Morgan fingerprint density at radius 1 is 0.892 bits per heavy atom. The van der Waals surface area contributed by atoms with Crippen molar-refractivity contribution >= 4 is 18.0 Å². The van der Waals surface area contributed by atoms with Crippen LogP contribution in [0.25, 0.3) is 0 Å². The van der Waals surface area contributed by atoms with Gasteiger partial charge in [-0.3, -0.25) is 14.6 Å². The number of hydrogen-bond donors (Lipinski definition) is 0. The SMILES string of the molecule is CC(Cc1ccc([C@H]2CC[C@@H](C(C)C)N2C(=O)OC(C)(C)C)cc1)[C@@H]1CC(=O)CN1C(=O)OC(C)(C)C. The molecule has 3 rings (SSSR count). The first-order chi connectivity index (χ1) is 17.1. The van der Waals surface area contributed by atoms with Gasteiger partial charge in [0.1, 0.15) is 11.2 Å². The lowest BCUT2D eigenvalue weighted by atomic mass is 9.91. The van der Waals surface area contributed by atoms with E-state index in [4.69, 9.17) is 9.47 Å². The molecule has 1 unspecified atom stereocenters. The number of carbonyl (C=O) groups is 3. The molecule has 7 nitrogen and oxygen atoms in total. The van der Waals surface area contributed by atoms with Gasteiger partial charge < -0.3 is 9.47 Å². The predicted octanol–water partition coefficient (Wildman–Crippen LogP) is 6.54. The molecule has 4 atom stereocenters. The van der Waals surface area contributed by atoms with Crippen LogP contribution < -0.4 is 0 Å². The van der Waals surface area contributed by atoms with Crippen LogP contribution in [0.2, 0.25) is 0 Å². The highest BCUT2D eigenvalue weighted by Crippen LogP contribution is 2.40. The number of benzene rings is 1. The second-order valence-corrected chi connectivity index (χ2v) is 13.1. The quantitative estimate of drug-likeness (QED) is 0.446. The van der Waals surface area contributed by atoms with Crippen LogP contribution in [-0.2, 0) is 20.7 Å². The highest BCUT2D eigenvalue weighted by Gasteiger charge is 2.42. The highest BCUT2D eigenvalue weighted by molar-refractivity contribution is 5.88. The minimum atomic E-state index is -0.603. The summed E-state index contributed by atoms with van der Waals surface area (Å²) in [5, 5.41) is 0. The predicted molar refractivity (Wildman–Crippen MR) is 144 cm³/mol. The Morgan fingerprint density at radius 3 is 2.00 bits per heavy atom. The summed E-state index contributed by atoms with van der Waals surface area (Å²) < 4.78 is 11.3. The van der Waals surface area contributed by atoms with Gasteiger partial charge in [-0.05, 0) is 83.8 Å². The van der Waals surface area contributed by atoms with Crippen LogP contribution in [0.3, 0.4) is 0 Å². The van der Waals surface area contributed by atoms with Crippen molar-refractivity contribution in [3.05, 3.63) is 35.4 Å². The van der Waals surface area contributed by atoms with Gasteiger partial charge in [0.2, 0.25) is 0 Å². The summed E-state index contributed by atoms with van der Waals surface area (Å²) in [6, 6.07) is 8.40. The molecular weight excluding hydrogens is 468 g/mol. The molecule has 0 aromatic heterocycles. The van der Waals surface area contributed by atoms with Crippen LogP contribution in [0.1, 0.15) is 98.7 Å². The number of ether oxygens (including phenoxy) is 2. The lowest BCUT2D eigenvalue weighted by Crippen LogP contribution is -2.43. The summed E-state index contributed by atoms with van der Waals surface area (Å²) in [7, 11) is 0. The van der Waals surface area contributed by atoms with Gasteiger partial charge in [0, 0.05) is 18.5 Å². The summed E-state index contributed by atoms with van der Waals surface area (Å²) in [5.41, 5.74) is 1.10. The van der Waals surface area contributed by atoms with Crippen LogP contribution in [-0.4, -0.2) is 57.6 Å². The van der Waals surface area contributed by atoms with E-state index < -0.39 is 17.3 Å². The maximum absolute atomic E-state index is 13.2. The minimum Gasteiger partial charge on any atom is -0.444 e. The molecule has 2 amide bonds. The molecule has 0 bridgehead atoms. The Hall–Kier alpha value is -2.57. The van der Waals surface area contributed by atoms with Crippen molar-refractivity contribution in [3.63, 3.8) is 0 Å². The maximum Gasteiger partial charge on any atom is 0.411 e. The average Bonchev–Trinajstić information content (AvgIpc) is 3.36. The van der Waals surface area contributed by atoms with Gasteiger partial charge in [0.05, 0.1) is 12.6 Å². The molecule has 0 radical (unpaired) electrons. The molecule has 0 saturated carbocycles. The lowest BCUT2D eigenvalue weighted by Gasteiger charge is -2.34. The first-order valence-corrected chi connectivity index (χ1v) is 13.7. The molecule has 0 spiro atoms. The van der Waals surface area contributed by atoms with Gasteiger partial charge in [-0.15, -0.1) is 0 Å². The van der Waals surface area contributed by atoms with E-state index in [1.807, 2.05) is 46.4 Å². The van der Waals surface area contributed by atoms with Crippen molar-refractivity contribution in [1.29, 1.82) is 0 Å². The van der Waals surface area contributed by atoms with E-state index in [9.17, 15) is 14.4 Å². The number of nitrogens with zero attached hydrogens (tertiary/aromatic N) is 2. The van der Waals surface area contributed by atoms with E-state index in [-0.39, 0.29) is 42.5 Å². The Balaban J connectivity index is 1.72. The largest absolute Gasteiger partial charge is 0.444 e. The van der Waals surface area contributed by atoms with E-state index in [1.165, 1.54) is 0 Å². The molecule has 1 aromatic carbocycles. The number of amides is 2. The first-order valence-electron chi connectivity index (χ1n) is 13.7. The summed E-state index contributed by atoms with van der Waals surface area (Å²) in [6.45, 7) is 17.7. The number of hydrogen-bond acceptors (Lipinski definition) is 5. The minimum absolute atomic E-state index is 0.0103. The van der Waals surface area contributed by atoms with Crippen molar-refractivity contribution in [2.24, 2.45) is 11.8 Å². The molecule has 1 aromatic rings. The zero-order chi connectivity index (χ0) is 27.7. The Bertz CT molecular complexity index is 973. The van der Waals surface area contributed by atoms with Crippen molar-refractivity contribution in [3.8, 4) is 0 Å². The fourth-order valence-electron chi connectivity index (χ4n) is 5.52. The van der Waals surface area contributed by atoms with E-state index >= 15 is 0 Å². The smallest absolute Gasteiger partial charge is 0.411 e. The molecule has 0 N–H and O–H groups in total. The van der Waals surface area contributed by atoms with Crippen LogP contribution in [0, 0.1) is 11.8 Å². The molecule has 2 aliphatic heterocycles. The topological polar surface area (TPSA) is 76.2 Å². The average molecular weight is 515 g/mol. The Morgan fingerprint density at radius 2 is 1.46 bits per heavy atom. The lowest BCUT2D eigenvalue weighted by molar-refractivity contribution is -0.117. The van der Waals surface area contributed by atoms with E-state index in [0.717, 1.165) is 30.4 Å². The van der Waals surface area contributed by atoms with Gasteiger partial charge in [-0.1, -0.05) is 45.0 Å². The van der Waals surface area contributed by atoms with Crippen molar-refractivity contribution < 1.29 is 23.9 Å². The molecule has 2 heterocycles. The summed E-state index contributed by atoms with van der Waals surface area (Å²) in [4.78, 5) is 41.6. The second-order valence-electron chi connectivity index (χ2n) is 13.1. The zero-order valence-corrected chi connectivity index (χ0v) is 24.2. The molecule has 206 valence electrons. The Labute approximate surface area is 222 Å². The second kappa shape index (κ2) is 11.0. The van der Waals surface area contributed by atoms with Crippen molar-refractivity contribution in [2.75, 3.05) is 6.54 Å². The van der Waals surface area contributed by atoms with Gasteiger partial charge in [0.15, 0.2) is 5.78 Å². The normalized spacial score (nSPS) is 23.5. The molecule has 2 saturated heterocycles. The number of ketones is 1. The van der Waals surface area contributed by atoms with Crippen LogP contribution in [0.4, 0.5) is 9.59 Å². The summed E-state index contributed by atoms with van der Waals surface area (Å²) in [6.07, 6.45) is 2.30. The van der Waals surface area contributed by atoms with Gasteiger partial charge >= 0.3 is 12.2 Å². The van der Waals surface area contributed by atoms with Crippen LogP contribution in [0.5, 0.6) is 0 Å². The standard InChI is InChI=1S/C30H46N2O5/c1-19(2)24-14-15-25(32(24)28(35)37-30(7,8)9)22-12-10-21(11-13-22)16-20(3)26-17-23(33)18-31(26)27(34)36-29(4,5)6/h10-13,19-20,24-26H,14-18H2,1-9H3/t20?,24-,25+,26-/m0/s1. The third-order valence-electron chi connectivity index (χ3n) is 7.19. The van der Waals surface area contributed by atoms with Gasteiger partial charge in [-0.25, -0.2) is 9.59 Å². The van der Waals surface area contributed by atoms with E-state index in [2.05, 4.69) is 45.0 Å². The summed E-state index contributed by atoms with van der Waals surface area (Å²) in [5.74, 6) is 0.515. The molecule has 2 fully saturated rings. The fraction of sp³-hybridized carbons (Fsp3) is 0.700. The number of Topliss-reactive ketones (excluding diaryl/α,β-unsaturated/α-hetero) is 1. The molecule has 2 aliphatic rings. The zero-order valence-electron chi connectivity index (χ0n) is 24.2. The van der Waals surface area contributed by atoms with Crippen LogP contribution >= 0.6 is 0 Å². The van der Waals surface area contributed by atoms with Crippen LogP contribution in [0.15, 0.2) is 24.3 Å². The molecule has 0 aliphatic carbocycles. The Kier molecular flexibility index (Phi) is 8.65. The monoisotopic (exact) mass is 514 g/mol. The number of likely N-dealkylation sites (tertiary alicyclic amines) is 2. The molecular formula is C30H46N2O5. The third kappa shape index (κ3) is 7.48. The number of carbonyl (C=O) groups excluding carboxylic acids is 3. The maximum atomic E-state index is 13.2. The van der Waals surface area contributed by atoms with Crippen molar-refractivity contribution in [2.45, 2.75) is 117 Å². The summed E-state index contributed by atoms with van der Waals surface area (Å²) >= 11 is 0. The van der Waals surface area contributed by atoms with Gasteiger partial charge in [-0.2, -0.15) is 0 Å². The van der Waals surface area contributed by atoms with E-state index in [1.54, 1.807) is 4.90 Å². The fourth-order valence-corrected chi connectivity index (χ4v) is 5.52. The first kappa shape index (κ1) is 29.0. The third-order valence-corrected chi connectivity index (χ3v) is 7.19. The van der Waals surface area contributed by atoms with E-state index in [0.29, 0.717) is 12.3 Å².